The molecule has 0 saturated heterocycles. The fourth-order valence-corrected chi connectivity index (χ4v) is 3.14. The fraction of sp³-hybridized carbons (Fsp3) is 0.680. The van der Waals surface area contributed by atoms with Crippen LogP contribution in [-0.2, 0) is 17.4 Å². The zero-order chi connectivity index (χ0) is 19.6. The van der Waals surface area contributed by atoms with Crippen LogP contribution in [-0.4, -0.2) is 6.54 Å². The van der Waals surface area contributed by atoms with E-state index in [1.165, 1.54) is 61.6 Å². The molecule has 0 spiro atoms. The largest absolute Gasteiger partial charge is 0.313 e. The van der Waals surface area contributed by atoms with Crippen LogP contribution in [0.4, 0.5) is 0 Å². The van der Waals surface area contributed by atoms with Gasteiger partial charge in [0, 0.05) is 6.54 Å². The van der Waals surface area contributed by atoms with Crippen LogP contribution >= 0.6 is 0 Å². The normalized spacial score (nSPS) is 12.4. The first-order chi connectivity index (χ1) is 12.1. The van der Waals surface area contributed by atoms with E-state index in [9.17, 15) is 0 Å². The molecule has 0 aliphatic carbocycles. The van der Waals surface area contributed by atoms with Crippen molar-refractivity contribution in [3.63, 3.8) is 0 Å². The van der Waals surface area contributed by atoms with Gasteiger partial charge in [0.05, 0.1) is 0 Å². The second kappa shape index (κ2) is 10.9. The van der Waals surface area contributed by atoms with Crippen LogP contribution in [0.3, 0.4) is 0 Å². The molecule has 0 amide bonds. The molecule has 0 aliphatic rings. The van der Waals surface area contributed by atoms with Gasteiger partial charge in [0.1, 0.15) is 0 Å². The Morgan fingerprint density at radius 1 is 0.769 bits per heavy atom. The predicted octanol–water partition coefficient (Wildman–Crippen LogP) is 7.29. The van der Waals surface area contributed by atoms with Gasteiger partial charge >= 0.3 is 0 Å². The summed E-state index contributed by atoms with van der Waals surface area (Å²) in [4.78, 5) is 0. The van der Waals surface area contributed by atoms with Gasteiger partial charge in [-0.05, 0) is 53.3 Å². The van der Waals surface area contributed by atoms with Crippen molar-refractivity contribution in [2.75, 3.05) is 6.54 Å². The summed E-state index contributed by atoms with van der Waals surface area (Å²) in [5.74, 6) is 0. The Hall–Kier alpha value is -1.08. The second-order valence-corrected chi connectivity index (χ2v) is 9.79. The summed E-state index contributed by atoms with van der Waals surface area (Å²) in [6.07, 6.45) is 11.2. The van der Waals surface area contributed by atoms with Crippen molar-refractivity contribution in [1.29, 1.82) is 0 Å². The minimum absolute atomic E-state index is 0.196. The van der Waals surface area contributed by atoms with Crippen LogP contribution in [0.2, 0.25) is 0 Å². The highest BCUT2D eigenvalue weighted by Crippen LogP contribution is 2.30. The monoisotopic (exact) mass is 357 g/mol. The SMILES string of the molecule is C=CCCCCCCCCNCc1cc(C(C)(C)C)cc(C(C)(C)C)c1. The number of hydrogen-bond acceptors (Lipinski definition) is 1. The summed E-state index contributed by atoms with van der Waals surface area (Å²) in [6, 6.07) is 7.18. The lowest BCUT2D eigenvalue weighted by Gasteiger charge is -2.26. The molecule has 0 bridgehead atoms. The van der Waals surface area contributed by atoms with Crippen LogP contribution in [0, 0.1) is 0 Å². The van der Waals surface area contributed by atoms with Crippen molar-refractivity contribution in [3.8, 4) is 0 Å². The van der Waals surface area contributed by atoms with Crippen molar-refractivity contribution in [1.82, 2.24) is 5.32 Å². The lowest BCUT2D eigenvalue weighted by Crippen LogP contribution is -2.19. The van der Waals surface area contributed by atoms with Gasteiger partial charge in [-0.15, -0.1) is 6.58 Å². The average Bonchev–Trinajstić information content (AvgIpc) is 2.54. The third-order valence-electron chi connectivity index (χ3n) is 5.07. The molecule has 0 aromatic heterocycles. The first-order valence-electron chi connectivity index (χ1n) is 10.6. The van der Waals surface area contributed by atoms with Crippen LogP contribution in [0.25, 0.3) is 0 Å². The van der Waals surface area contributed by atoms with Crippen molar-refractivity contribution in [2.45, 2.75) is 104 Å². The Balaban J connectivity index is 2.43. The van der Waals surface area contributed by atoms with Gasteiger partial charge in [-0.2, -0.15) is 0 Å². The van der Waals surface area contributed by atoms with Crippen molar-refractivity contribution < 1.29 is 0 Å². The van der Waals surface area contributed by atoms with Gasteiger partial charge in [0.15, 0.2) is 0 Å². The Bertz CT molecular complexity index is 496. The maximum Gasteiger partial charge on any atom is 0.0205 e. The highest BCUT2D eigenvalue weighted by Gasteiger charge is 2.20. The van der Waals surface area contributed by atoms with Gasteiger partial charge < -0.3 is 5.32 Å². The molecular formula is C25H43N. The molecule has 1 N–H and O–H groups in total. The third kappa shape index (κ3) is 9.03. The van der Waals surface area contributed by atoms with Gasteiger partial charge in [-0.25, -0.2) is 0 Å². The minimum atomic E-state index is 0.196. The lowest BCUT2D eigenvalue weighted by molar-refractivity contribution is 0.557. The van der Waals surface area contributed by atoms with E-state index in [0.717, 1.165) is 13.1 Å². The topological polar surface area (TPSA) is 12.0 Å². The maximum absolute atomic E-state index is 3.78. The maximum atomic E-state index is 3.78. The van der Waals surface area contributed by atoms with Gasteiger partial charge in [0.25, 0.3) is 0 Å². The fourth-order valence-electron chi connectivity index (χ4n) is 3.14. The Morgan fingerprint density at radius 2 is 1.27 bits per heavy atom. The van der Waals surface area contributed by atoms with Crippen molar-refractivity contribution in [3.05, 3.63) is 47.5 Å². The number of rotatable bonds is 11. The van der Waals surface area contributed by atoms with Gasteiger partial charge in [-0.1, -0.05) is 91.5 Å². The van der Waals surface area contributed by atoms with Gasteiger partial charge in [-0.3, -0.25) is 0 Å². The van der Waals surface area contributed by atoms with E-state index in [-0.39, 0.29) is 10.8 Å². The van der Waals surface area contributed by atoms with Gasteiger partial charge in [0.2, 0.25) is 0 Å². The molecule has 1 aromatic rings. The number of unbranched alkanes of at least 4 members (excludes halogenated alkanes) is 6. The smallest absolute Gasteiger partial charge is 0.0205 e. The molecule has 0 saturated carbocycles. The summed E-state index contributed by atoms with van der Waals surface area (Å²) in [5.41, 5.74) is 4.71. The molecule has 1 nitrogen and oxygen atoms in total. The highest BCUT2D eigenvalue weighted by atomic mass is 14.8. The van der Waals surface area contributed by atoms with E-state index < -0.39 is 0 Å². The van der Waals surface area contributed by atoms with E-state index in [2.05, 4.69) is 71.6 Å². The van der Waals surface area contributed by atoms with E-state index in [0.29, 0.717) is 0 Å². The van der Waals surface area contributed by atoms with Crippen LogP contribution in [0.5, 0.6) is 0 Å². The first kappa shape index (κ1) is 23.0. The average molecular weight is 358 g/mol. The number of benzene rings is 1. The molecule has 1 heteroatoms. The molecule has 26 heavy (non-hydrogen) atoms. The molecule has 1 aromatic carbocycles. The predicted molar refractivity (Wildman–Crippen MR) is 118 cm³/mol. The molecule has 0 unspecified atom stereocenters. The van der Waals surface area contributed by atoms with Crippen LogP contribution in [0.15, 0.2) is 30.9 Å². The molecule has 0 radical (unpaired) electrons. The van der Waals surface area contributed by atoms with Crippen molar-refractivity contribution >= 4 is 0 Å². The molecule has 0 fully saturated rings. The van der Waals surface area contributed by atoms with Crippen LogP contribution < -0.4 is 5.32 Å². The van der Waals surface area contributed by atoms with Crippen LogP contribution in [0.1, 0.15) is 103 Å². The standard InChI is InChI=1S/C25H43N/c1-8-9-10-11-12-13-14-15-16-26-20-21-17-22(24(2,3)4)19-23(18-21)25(5,6)7/h8,17-19,26H,1,9-16,20H2,2-7H3. The number of allylic oxidation sites excluding steroid dienone is 1. The summed E-state index contributed by atoms with van der Waals surface area (Å²) >= 11 is 0. The Morgan fingerprint density at radius 3 is 1.77 bits per heavy atom. The Kier molecular flexibility index (Phi) is 9.64. The number of hydrogen-bond donors (Lipinski definition) is 1. The molecular weight excluding hydrogens is 314 g/mol. The van der Waals surface area contributed by atoms with Crippen molar-refractivity contribution in [2.24, 2.45) is 0 Å². The lowest BCUT2D eigenvalue weighted by atomic mass is 9.79. The Labute approximate surface area is 163 Å². The van der Waals surface area contributed by atoms with E-state index in [1.54, 1.807) is 0 Å². The third-order valence-corrected chi connectivity index (χ3v) is 5.07. The summed E-state index contributed by atoms with van der Waals surface area (Å²) in [5, 5.41) is 3.66. The summed E-state index contributed by atoms with van der Waals surface area (Å²) in [6.45, 7) is 19.7. The zero-order valence-electron chi connectivity index (χ0n) is 18.4. The molecule has 0 atom stereocenters. The van der Waals surface area contributed by atoms with E-state index in [4.69, 9.17) is 0 Å². The minimum Gasteiger partial charge on any atom is -0.313 e. The zero-order valence-corrected chi connectivity index (χ0v) is 18.4. The summed E-state index contributed by atoms with van der Waals surface area (Å²) < 4.78 is 0. The second-order valence-electron chi connectivity index (χ2n) is 9.79. The molecule has 148 valence electrons. The van der Waals surface area contributed by atoms with E-state index >= 15 is 0 Å². The summed E-state index contributed by atoms with van der Waals surface area (Å²) in [7, 11) is 0. The van der Waals surface area contributed by atoms with E-state index in [1.807, 2.05) is 6.08 Å². The highest BCUT2D eigenvalue weighted by molar-refractivity contribution is 5.37. The molecule has 0 heterocycles. The quantitative estimate of drug-likeness (QED) is 0.324. The molecule has 0 aliphatic heterocycles. The number of nitrogens with one attached hydrogen (secondary N) is 1. The first-order valence-corrected chi connectivity index (χ1v) is 10.6. The molecule has 1 rings (SSSR count).